The van der Waals surface area contributed by atoms with Crippen LogP contribution in [-0.2, 0) is 4.74 Å². The zero-order valence-corrected chi connectivity index (χ0v) is 8.75. The summed E-state index contributed by atoms with van der Waals surface area (Å²) in [5, 5.41) is 3.47. The molecule has 0 radical (unpaired) electrons. The second-order valence-corrected chi connectivity index (χ2v) is 4.06. The number of rotatable bonds is 6. The minimum Gasteiger partial charge on any atom is -0.380 e. The Hall–Kier alpha value is -0.340. The molecule has 0 unspecified atom stereocenters. The molecule has 1 aliphatic carbocycles. The minimum atomic E-state index is 0.646. The van der Waals surface area contributed by atoms with Crippen molar-refractivity contribution in [3.05, 3.63) is 12.2 Å². The molecule has 0 bridgehead atoms. The van der Waals surface area contributed by atoms with E-state index in [1.165, 1.54) is 12.8 Å². The maximum atomic E-state index is 5.47. The lowest BCUT2D eigenvalue weighted by molar-refractivity contribution is 0.110. The summed E-state index contributed by atoms with van der Waals surface area (Å²) in [4.78, 5) is 0. The molecule has 1 rings (SSSR count). The molecule has 2 heteroatoms. The highest BCUT2D eigenvalue weighted by Gasteiger charge is 2.07. The van der Waals surface area contributed by atoms with Crippen molar-refractivity contribution in [1.82, 2.24) is 5.32 Å². The van der Waals surface area contributed by atoms with Crippen molar-refractivity contribution in [2.75, 3.05) is 19.8 Å². The Kier molecular flexibility index (Phi) is 5.09. The summed E-state index contributed by atoms with van der Waals surface area (Å²) in [6, 6.07) is 0.669. The first-order chi connectivity index (χ1) is 6.29. The molecule has 0 fully saturated rings. The molecular weight excluding hydrogens is 162 g/mol. The third-order valence-electron chi connectivity index (χ3n) is 2.14. The van der Waals surface area contributed by atoms with Gasteiger partial charge in [-0.25, -0.2) is 0 Å². The average Bonchev–Trinajstić information content (AvgIpc) is 2.55. The summed E-state index contributed by atoms with van der Waals surface area (Å²) >= 11 is 0. The van der Waals surface area contributed by atoms with Gasteiger partial charge in [0.25, 0.3) is 0 Å². The Morgan fingerprint density at radius 3 is 2.69 bits per heavy atom. The van der Waals surface area contributed by atoms with Crippen LogP contribution in [0.5, 0.6) is 0 Å². The van der Waals surface area contributed by atoms with Crippen molar-refractivity contribution in [2.45, 2.75) is 32.7 Å². The molecular formula is C11H21NO. The molecule has 0 aromatic carbocycles. The van der Waals surface area contributed by atoms with Crippen LogP contribution in [0.4, 0.5) is 0 Å². The number of ether oxygens (including phenoxy) is 1. The van der Waals surface area contributed by atoms with Crippen molar-refractivity contribution in [2.24, 2.45) is 5.92 Å². The largest absolute Gasteiger partial charge is 0.380 e. The maximum Gasteiger partial charge on any atom is 0.0591 e. The van der Waals surface area contributed by atoms with Gasteiger partial charge in [0.05, 0.1) is 6.61 Å². The Morgan fingerprint density at radius 2 is 2.08 bits per heavy atom. The Labute approximate surface area is 81.4 Å². The van der Waals surface area contributed by atoms with Gasteiger partial charge in [-0.2, -0.15) is 0 Å². The second-order valence-electron chi connectivity index (χ2n) is 4.06. The van der Waals surface area contributed by atoms with Crippen LogP contribution >= 0.6 is 0 Å². The first kappa shape index (κ1) is 10.7. The smallest absolute Gasteiger partial charge is 0.0591 e. The molecule has 0 aliphatic heterocycles. The van der Waals surface area contributed by atoms with E-state index in [9.17, 15) is 0 Å². The fraction of sp³-hybridized carbons (Fsp3) is 0.818. The second kappa shape index (κ2) is 6.17. The molecule has 0 aromatic rings. The molecule has 2 nitrogen and oxygen atoms in total. The van der Waals surface area contributed by atoms with Gasteiger partial charge >= 0.3 is 0 Å². The minimum absolute atomic E-state index is 0.646. The normalized spacial score (nSPS) is 17.5. The molecule has 0 heterocycles. The average molecular weight is 183 g/mol. The zero-order valence-electron chi connectivity index (χ0n) is 8.75. The first-order valence-electron chi connectivity index (χ1n) is 5.25. The van der Waals surface area contributed by atoms with Gasteiger partial charge in [-0.3, -0.25) is 0 Å². The van der Waals surface area contributed by atoms with E-state index in [1.807, 2.05) is 0 Å². The zero-order chi connectivity index (χ0) is 9.52. The van der Waals surface area contributed by atoms with Crippen LogP contribution in [-0.4, -0.2) is 25.8 Å². The fourth-order valence-corrected chi connectivity index (χ4v) is 1.44. The topological polar surface area (TPSA) is 21.3 Å². The van der Waals surface area contributed by atoms with E-state index in [1.54, 1.807) is 0 Å². The maximum absolute atomic E-state index is 5.47. The SMILES string of the molecule is CC(C)COCCNC1CC=CC1. The highest BCUT2D eigenvalue weighted by Crippen LogP contribution is 2.08. The van der Waals surface area contributed by atoms with E-state index in [2.05, 4.69) is 31.3 Å². The highest BCUT2D eigenvalue weighted by atomic mass is 16.5. The van der Waals surface area contributed by atoms with Gasteiger partial charge in [-0.05, 0) is 18.8 Å². The monoisotopic (exact) mass is 183 g/mol. The van der Waals surface area contributed by atoms with E-state index in [0.29, 0.717) is 12.0 Å². The Balaban J connectivity index is 1.84. The summed E-state index contributed by atoms with van der Waals surface area (Å²) in [6.07, 6.45) is 6.85. The van der Waals surface area contributed by atoms with Gasteiger partial charge in [-0.15, -0.1) is 0 Å². The van der Waals surface area contributed by atoms with Gasteiger partial charge in [0, 0.05) is 19.2 Å². The van der Waals surface area contributed by atoms with E-state index in [4.69, 9.17) is 4.74 Å². The van der Waals surface area contributed by atoms with Gasteiger partial charge in [0.15, 0.2) is 0 Å². The lowest BCUT2D eigenvalue weighted by atomic mass is 10.2. The predicted octanol–water partition coefficient (Wildman–Crippen LogP) is 1.97. The third kappa shape index (κ3) is 5.06. The van der Waals surface area contributed by atoms with E-state index < -0.39 is 0 Å². The molecule has 0 amide bonds. The third-order valence-corrected chi connectivity index (χ3v) is 2.14. The molecule has 76 valence electrons. The van der Waals surface area contributed by atoms with Crippen molar-refractivity contribution in [3.8, 4) is 0 Å². The molecule has 13 heavy (non-hydrogen) atoms. The Bertz CT molecular complexity index is 146. The van der Waals surface area contributed by atoms with Crippen LogP contribution in [0.1, 0.15) is 26.7 Å². The van der Waals surface area contributed by atoms with E-state index in [-0.39, 0.29) is 0 Å². The first-order valence-corrected chi connectivity index (χ1v) is 5.25. The van der Waals surface area contributed by atoms with Gasteiger partial charge < -0.3 is 10.1 Å². The molecule has 0 atom stereocenters. The van der Waals surface area contributed by atoms with Crippen molar-refractivity contribution in [1.29, 1.82) is 0 Å². The number of nitrogens with one attached hydrogen (secondary N) is 1. The summed E-state index contributed by atoms with van der Waals surface area (Å²) in [7, 11) is 0. The molecule has 0 spiro atoms. The molecule has 0 aromatic heterocycles. The Morgan fingerprint density at radius 1 is 1.38 bits per heavy atom. The van der Waals surface area contributed by atoms with Crippen LogP contribution in [0.2, 0.25) is 0 Å². The number of hydrogen-bond acceptors (Lipinski definition) is 2. The predicted molar refractivity (Wildman–Crippen MR) is 55.8 cm³/mol. The summed E-state index contributed by atoms with van der Waals surface area (Å²) in [5.74, 6) is 0.646. The van der Waals surface area contributed by atoms with Gasteiger partial charge in [0.1, 0.15) is 0 Å². The van der Waals surface area contributed by atoms with Crippen LogP contribution in [0, 0.1) is 5.92 Å². The van der Waals surface area contributed by atoms with Crippen LogP contribution in [0.25, 0.3) is 0 Å². The van der Waals surface area contributed by atoms with Crippen molar-refractivity contribution >= 4 is 0 Å². The summed E-state index contributed by atoms with van der Waals surface area (Å²) in [6.45, 7) is 7.06. The van der Waals surface area contributed by atoms with E-state index in [0.717, 1.165) is 19.8 Å². The highest BCUT2D eigenvalue weighted by molar-refractivity contribution is 4.97. The van der Waals surface area contributed by atoms with Crippen LogP contribution < -0.4 is 5.32 Å². The fourth-order valence-electron chi connectivity index (χ4n) is 1.44. The van der Waals surface area contributed by atoms with Crippen LogP contribution in [0.3, 0.4) is 0 Å². The van der Waals surface area contributed by atoms with Crippen molar-refractivity contribution in [3.63, 3.8) is 0 Å². The number of hydrogen-bond donors (Lipinski definition) is 1. The van der Waals surface area contributed by atoms with Gasteiger partial charge in [-0.1, -0.05) is 26.0 Å². The van der Waals surface area contributed by atoms with E-state index >= 15 is 0 Å². The quantitative estimate of drug-likeness (QED) is 0.502. The lowest BCUT2D eigenvalue weighted by Crippen LogP contribution is -2.30. The molecule has 0 saturated carbocycles. The molecule has 0 saturated heterocycles. The van der Waals surface area contributed by atoms with Gasteiger partial charge in [0.2, 0.25) is 0 Å². The summed E-state index contributed by atoms with van der Waals surface area (Å²) < 4.78 is 5.47. The molecule has 1 N–H and O–H groups in total. The molecule has 1 aliphatic rings. The summed E-state index contributed by atoms with van der Waals surface area (Å²) in [5.41, 5.74) is 0. The van der Waals surface area contributed by atoms with Crippen molar-refractivity contribution < 1.29 is 4.74 Å². The lowest BCUT2D eigenvalue weighted by Gasteiger charge is -2.12. The van der Waals surface area contributed by atoms with Crippen LogP contribution in [0.15, 0.2) is 12.2 Å². The standard InChI is InChI=1S/C11H21NO/c1-10(2)9-13-8-7-12-11-5-3-4-6-11/h3-4,10-12H,5-9H2,1-2H3.